The second kappa shape index (κ2) is 6.41. The Bertz CT molecular complexity index is 1040. The number of benzene rings is 2. The number of amides is 2. The molecule has 146 valence electrons. The Morgan fingerprint density at radius 3 is 2.10 bits per heavy atom. The molecule has 0 N–H and O–H groups in total. The zero-order valence-electron chi connectivity index (χ0n) is 16.3. The Balaban J connectivity index is 1.34. The number of allylic oxidation sites excluding steroid dienone is 2. The van der Waals surface area contributed by atoms with Crippen molar-refractivity contribution in [2.75, 3.05) is 4.90 Å². The van der Waals surface area contributed by atoms with Gasteiger partial charge in [-0.2, -0.15) is 0 Å². The summed E-state index contributed by atoms with van der Waals surface area (Å²) in [6.07, 6.45) is 5.06. The first kappa shape index (κ1) is 17.9. The van der Waals surface area contributed by atoms with Gasteiger partial charge in [0.2, 0.25) is 11.8 Å². The molecule has 4 atom stereocenters. The van der Waals surface area contributed by atoms with Gasteiger partial charge >= 0.3 is 5.97 Å². The summed E-state index contributed by atoms with van der Waals surface area (Å²) in [4.78, 5) is 39.5. The lowest BCUT2D eigenvalue weighted by atomic mass is 9.85. The monoisotopic (exact) mass is 387 g/mol. The number of aryl methyl sites for hydroxylation is 2. The lowest BCUT2D eigenvalue weighted by molar-refractivity contribution is -0.123. The number of esters is 1. The van der Waals surface area contributed by atoms with Gasteiger partial charge in [-0.05, 0) is 79.6 Å². The van der Waals surface area contributed by atoms with Crippen LogP contribution in [-0.2, 0) is 9.59 Å². The van der Waals surface area contributed by atoms with Gasteiger partial charge in [0.1, 0.15) is 5.75 Å². The van der Waals surface area contributed by atoms with Crippen molar-refractivity contribution in [3.05, 3.63) is 71.3 Å². The fourth-order valence-electron chi connectivity index (χ4n) is 4.85. The van der Waals surface area contributed by atoms with Crippen LogP contribution in [0.4, 0.5) is 5.69 Å². The number of nitrogens with zero attached hydrogens (tertiary/aromatic N) is 1. The van der Waals surface area contributed by atoms with E-state index in [1.165, 1.54) is 4.90 Å². The first-order valence-corrected chi connectivity index (χ1v) is 9.89. The van der Waals surface area contributed by atoms with Gasteiger partial charge in [-0.1, -0.05) is 18.2 Å². The van der Waals surface area contributed by atoms with E-state index in [2.05, 4.69) is 12.2 Å². The van der Waals surface area contributed by atoms with Crippen LogP contribution >= 0.6 is 0 Å². The summed E-state index contributed by atoms with van der Waals surface area (Å²) in [5.41, 5.74) is 3.05. The second-order valence-corrected chi connectivity index (χ2v) is 8.19. The molecule has 1 saturated heterocycles. The molecule has 5 heteroatoms. The SMILES string of the molecule is Cc1ccc(OC(=O)c2ccc(N3C(=O)[C@@H]4[C@H](C3=O)[C@H]3C=C[C@H]4C3)cc2)cc1C. The average molecular weight is 387 g/mol. The third kappa shape index (κ3) is 2.72. The largest absolute Gasteiger partial charge is 0.423 e. The maximum Gasteiger partial charge on any atom is 0.343 e. The summed E-state index contributed by atoms with van der Waals surface area (Å²) in [5, 5.41) is 0. The van der Waals surface area contributed by atoms with Crippen LogP contribution in [0.2, 0.25) is 0 Å². The molecule has 0 radical (unpaired) electrons. The molecule has 5 rings (SSSR count). The van der Waals surface area contributed by atoms with Gasteiger partial charge in [-0.25, -0.2) is 4.79 Å². The van der Waals surface area contributed by atoms with Crippen LogP contribution in [0.25, 0.3) is 0 Å². The first-order chi connectivity index (χ1) is 13.9. The smallest absolute Gasteiger partial charge is 0.343 e. The third-order valence-corrected chi connectivity index (χ3v) is 6.52. The molecule has 1 aliphatic heterocycles. The fourth-order valence-corrected chi connectivity index (χ4v) is 4.85. The molecule has 3 aliphatic rings. The van der Waals surface area contributed by atoms with Gasteiger partial charge in [-0.3, -0.25) is 14.5 Å². The molecule has 2 fully saturated rings. The molecule has 2 amide bonds. The number of hydrogen-bond acceptors (Lipinski definition) is 4. The quantitative estimate of drug-likeness (QED) is 0.347. The number of carbonyl (C=O) groups excluding carboxylic acids is 3. The van der Waals surface area contributed by atoms with Gasteiger partial charge in [0.05, 0.1) is 23.1 Å². The van der Waals surface area contributed by atoms with E-state index in [9.17, 15) is 14.4 Å². The van der Waals surface area contributed by atoms with Gasteiger partial charge in [0, 0.05) is 0 Å². The molecule has 0 spiro atoms. The lowest BCUT2D eigenvalue weighted by Gasteiger charge is -2.17. The molecule has 2 aromatic rings. The second-order valence-electron chi connectivity index (χ2n) is 8.19. The molecule has 0 unspecified atom stereocenters. The number of anilines is 1. The predicted octanol–water partition coefficient (Wildman–Crippen LogP) is 3.83. The molecule has 2 aliphatic carbocycles. The number of rotatable bonds is 3. The molecule has 2 aromatic carbocycles. The number of carbonyl (C=O) groups is 3. The highest BCUT2D eigenvalue weighted by Gasteiger charge is 2.59. The summed E-state index contributed by atoms with van der Waals surface area (Å²) in [7, 11) is 0. The number of hydrogen-bond donors (Lipinski definition) is 0. The van der Waals surface area contributed by atoms with E-state index >= 15 is 0 Å². The Morgan fingerprint density at radius 2 is 1.52 bits per heavy atom. The summed E-state index contributed by atoms with van der Waals surface area (Å²) in [6, 6.07) is 12.0. The highest BCUT2D eigenvalue weighted by atomic mass is 16.5. The Labute approximate surface area is 169 Å². The average Bonchev–Trinajstić information content (AvgIpc) is 3.39. The molecule has 1 saturated carbocycles. The van der Waals surface area contributed by atoms with E-state index < -0.39 is 5.97 Å². The molecule has 29 heavy (non-hydrogen) atoms. The minimum Gasteiger partial charge on any atom is -0.423 e. The van der Waals surface area contributed by atoms with Gasteiger partial charge in [0.25, 0.3) is 0 Å². The first-order valence-electron chi connectivity index (χ1n) is 9.89. The lowest BCUT2D eigenvalue weighted by Crippen LogP contribution is -2.32. The molecular formula is C24H21NO4. The van der Waals surface area contributed by atoms with Crippen molar-refractivity contribution in [2.45, 2.75) is 20.3 Å². The van der Waals surface area contributed by atoms with Crippen LogP contribution in [0.1, 0.15) is 27.9 Å². The van der Waals surface area contributed by atoms with Crippen LogP contribution in [0.3, 0.4) is 0 Å². The van der Waals surface area contributed by atoms with E-state index in [0.717, 1.165) is 17.5 Å². The predicted molar refractivity (Wildman–Crippen MR) is 108 cm³/mol. The normalized spacial score (nSPS) is 26.9. The van der Waals surface area contributed by atoms with Crippen LogP contribution in [0.5, 0.6) is 5.75 Å². The van der Waals surface area contributed by atoms with Crippen LogP contribution < -0.4 is 9.64 Å². The Hall–Kier alpha value is -3.21. The van der Waals surface area contributed by atoms with Crippen molar-refractivity contribution in [1.29, 1.82) is 0 Å². The van der Waals surface area contributed by atoms with Crippen molar-refractivity contribution in [3.8, 4) is 5.75 Å². The van der Waals surface area contributed by atoms with Crippen molar-refractivity contribution >= 4 is 23.5 Å². The van der Waals surface area contributed by atoms with E-state index in [4.69, 9.17) is 4.74 Å². The van der Waals surface area contributed by atoms with Gasteiger partial charge in [0.15, 0.2) is 0 Å². The molecule has 5 nitrogen and oxygen atoms in total. The maximum atomic E-state index is 12.9. The van der Waals surface area contributed by atoms with Crippen LogP contribution in [0.15, 0.2) is 54.6 Å². The van der Waals surface area contributed by atoms with Gasteiger partial charge in [-0.15, -0.1) is 0 Å². The fraction of sp³-hybridized carbons (Fsp3) is 0.292. The summed E-state index contributed by atoms with van der Waals surface area (Å²) in [6.45, 7) is 3.96. The number of ether oxygens (including phenoxy) is 1. The van der Waals surface area contributed by atoms with Gasteiger partial charge < -0.3 is 4.74 Å². The minimum atomic E-state index is -0.474. The number of imide groups is 1. The topological polar surface area (TPSA) is 63.7 Å². The standard InChI is InChI=1S/C24H21NO4/c1-13-3-10-19(11-14(13)2)29-24(28)15-6-8-18(9-7-15)25-22(26)20-16-4-5-17(12-16)21(20)23(25)27/h3-11,16-17,20-21H,12H2,1-2H3/t16-,17-,20-,21+/m0/s1. The molecular weight excluding hydrogens is 366 g/mol. The van der Waals surface area contributed by atoms with Crippen molar-refractivity contribution in [2.24, 2.45) is 23.7 Å². The number of fused-ring (bicyclic) bond motifs is 5. The molecule has 0 aromatic heterocycles. The van der Waals surface area contributed by atoms with E-state index in [-0.39, 0.29) is 35.5 Å². The van der Waals surface area contributed by atoms with Crippen molar-refractivity contribution in [1.82, 2.24) is 0 Å². The zero-order valence-corrected chi connectivity index (χ0v) is 16.3. The van der Waals surface area contributed by atoms with E-state index in [1.807, 2.05) is 26.0 Å². The van der Waals surface area contributed by atoms with Crippen LogP contribution in [0, 0.1) is 37.5 Å². The zero-order chi connectivity index (χ0) is 20.3. The molecule has 2 bridgehead atoms. The Morgan fingerprint density at radius 1 is 0.897 bits per heavy atom. The van der Waals surface area contributed by atoms with E-state index in [1.54, 1.807) is 30.3 Å². The maximum absolute atomic E-state index is 12.9. The Kier molecular flexibility index (Phi) is 3.95. The third-order valence-electron chi connectivity index (χ3n) is 6.52. The highest BCUT2D eigenvalue weighted by molar-refractivity contribution is 6.22. The highest BCUT2D eigenvalue weighted by Crippen LogP contribution is 2.53. The summed E-state index contributed by atoms with van der Waals surface area (Å²) >= 11 is 0. The van der Waals surface area contributed by atoms with Crippen LogP contribution in [-0.4, -0.2) is 17.8 Å². The minimum absolute atomic E-state index is 0.123. The summed E-state index contributed by atoms with van der Waals surface area (Å²) in [5.74, 6) is -0.332. The van der Waals surface area contributed by atoms with Crippen molar-refractivity contribution in [3.63, 3.8) is 0 Å². The summed E-state index contributed by atoms with van der Waals surface area (Å²) < 4.78 is 5.45. The molecule has 1 heterocycles. The van der Waals surface area contributed by atoms with E-state index in [0.29, 0.717) is 17.0 Å². The van der Waals surface area contributed by atoms with Crippen molar-refractivity contribution < 1.29 is 19.1 Å².